The van der Waals surface area contributed by atoms with E-state index in [2.05, 4.69) is 204 Å². The fourth-order valence-corrected chi connectivity index (χ4v) is 12.8. The summed E-state index contributed by atoms with van der Waals surface area (Å²) in [4.78, 5) is 6.50. The summed E-state index contributed by atoms with van der Waals surface area (Å²) >= 11 is 3.91. The van der Waals surface area contributed by atoms with Gasteiger partial charge in [0.25, 0.3) is 0 Å². The maximum absolute atomic E-state index is 2.57. The van der Waals surface area contributed by atoms with E-state index >= 15 is 0 Å². The highest BCUT2D eigenvalue weighted by atomic mass is 32.1. The van der Waals surface area contributed by atoms with Crippen LogP contribution in [0.25, 0.3) is 32.7 Å². The average molecular weight is 736 g/mol. The summed E-state index contributed by atoms with van der Waals surface area (Å²) in [5.74, 6) is 0. The van der Waals surface area contributed by atoms with Crippen LogP contribution in [-0.4, -0.2) is 0 Å². The van der Waals surface area contributed by atoms with Gasteiger partial charge in [-0.2, -0.15) is 0 Å². The van der Waals surface area contributed by atoms with Crippen molar-refractivity contribution >= 4 is 39.7 Å². The third kappa shape index (κ3) is 4.01. The zero-order chi connectivity index (χ0) is 36.1. The molecule has 2 heterocycles. The molecule has 12 rings (SSSR count). The summed E-state index contributed by atoms with van der Waals surface area (Å²) in [5.41, 5.74) is 17.5. The average Bonchev–Trinajstić information content (AvgIpc) is 4.04. The maximum Gasteiger partial charge on any atom is 0.0821 e. The Labute approximate surface area is 329 Å². The highest BCUT2D eigenvalue weighted by molar-refractivity contribution is 7.16. The Kier molecular flexibility index (Phi) is 6.58. The SMILES string of the molecule is c1ccc(N(c2ccccc2)c2cccc(-c3cc4c(s3)C3(c5ccccc5-c5ccccc53)c3ccsc3C43c4ccccc4-c4ccccc43)c2)cc1. The molecule has 0 N–H and O–H groups in total. The molecule has 0 unspecified atom stereocenters. The van der Waals surface area contributed by atoms with E-state index in [-0.39, 0.29) is 0 Å². The fourth-order valence-electron chi connectivity index (χ4n) is 10.2. The molecule has 0 radical (unpaired) electrons. The van der Waals surface area contributed by atoms with Gasteiger partial charge in [-0.15, -0.1) is 22.7 Å². The predicted molar refractivity (Wildman–Crippen MR) is 230 cm³/mol. The number of fused-ring (bicyclic) bond motifs is 16. The zero-order valence-electron chi connectivity index (χ0n) is 29.8. The van der Waals surface area contributed by atoms with E-state index in [1.807, 2.05) is 22.7 Å². The van der Waals surface area contributed by atoms with Crippen molar-refractivity contribution in [3.05, 3.63) is 243 Å². The van der Waals surface area contributed by atoms with Crippen LogP contribution in [0.1, 0.15) is 43.1 Å². The second-order valence-corrected chi connectivity index (χ2v) is 16.7. The highest BCUT2D eigenvalue weighted by Crippen LogP contribution is 2.70. The quantitative estimate of drug-likeness (QED) is 0.174. The van der Waals surface area contributed by atoms with E-state index in [0.717, 1.165) is 17.1 Å². The van der Waals surface area contributed by atoms with Gasteiger partial charge in [0, 0.05) is 31.7 Å². The molecular formula is C52H33NS2. The molecule has 3 heteroatoms. The van der Waals surface area contributed by atoms with E-state index < -0.39 is 10.8 Å². The maximum atomic E-state index is 2.57. The molecule has 7 aromatic carbocycles. The van der Waals surface area contributed by atoms with Gasteiger partial charge in [-0.25, -0.2) is 0 Å². The van der Waals surface area contributed by atoms with Gasteiger partial charge in [-0.1, -0.05) is 146 Å². The molecule has 258 valence electrons. The van der Waals surface area contributed by atoms with Gasteiger partial charge < -0.3 is 4.90 Å². The van der Waals surface area contributed by atoms with Gasteiger partial charge in [0.1, 0.15) is 0 Å². The van der Waals surface area contributed by atoms with Crippen molar-refractivity contribution in [1.82, 2.24) is 0 Å². The lowest BCUT2D eigenvalue weighted by atomic mass is 9.58. The summed E-state index contributed by atoms with van der Waals surface area (Å²) < 4.78 is 0. The first kappa shape index (κ1) is 31.1. The summed E-state index contributed by atoms with van der Waals surface area (Å²) in [7, 11) is 0. The van der Waals surface area contributed by atoms with Crippen LogP contribution in [-0.2, 0) is 10.8 Å². The minimum absolute atomic E-state index is 0.434. The minimum Gasteiger partial charge on any atom is -0.310 e. The van der Waals surface area contributed by atoms with E-state index in [1.54, 1.807) is 0 Å². The summed E-state index contributed by atoms with van der Waals surface area (Å²) in [5, 5.41) is 2.35. The molecule has 2 aromatic heterocycles. The lowest BCUT2D eigenvalue weighted by molar-refractivity contribution is 0.662. The summed E-state index contributed by atoms with van der Waals surface area (Å²) in [6.45, 7) is 0. The molecule has 55 heavy (non-hydrogen) atoms. The minimum atomic E-state index is -0.434. The first-order chi connectivity index (χ1) is 27.3. The molecule has 1 nitrogen and oxygen atoms in total. The predicted octanol–water partition coefficient (Wildman–Crippen LogP) is 14.0. The fraction of sp³-hybridized carbons (Fsp3) is 0.0385. The molecule has 3 aliphatic carbocycles. The highest BCUT2D eigenvalue weighted by Gasteiger charge is 2.60. The molecule has 0 bridgehead atoms. The molecular weight excluding hydrogens is 703 g/mol. The topological polar surface area (TPSA) is 3.24 Å². The number of hydrogen-bond donors (Lipinski definition) is 0. The first-order valence-electron chi connectivity index (χ1n) is 18.9. The van der Waals surface area contributed by atoms with Crippen LogP contribution in [0.15, 0.2) is 200 Å². The van der Waals surface area contributed by atoms with Crippen LogP contribution >= 0.6 is 22.7 Å². The van der Waals surface area contributed by atoms with Crippen LogP contribution in [0.3, 0.4) is 0 Å². The molecule has 0 saturated carbocycles. The molecule has 0 amide bonds. The second-order valence-electron chi connectivity index (χ2n) is 14.8. The number of benzene rings is 7. The van der Waals surface area contributed by atoms with Crippen LogP contribution in [0.5, 0.6) is 0 Å². The van der Waals surface area contributed by atoms with Gasteiger partial charge in [-0.05, 0) is 115 Å². The summed E-state index contributed by atoms with van der Waals surface area (Å²) in [6.07, 6.45) is 0. The number of rotatable bonds is 4. The van der Waals surface area contributed by atoms with Crippen molar-refractivity contribution in [3.8, 4) is 32.7 Å². The van der Waals surface area contributed by atoms with Gasteiger partial charge in [0.2, 0.25) is 0 Å². The van der Waals surface area contributed by atoms with Gasteiger partial charge >= 0.3 is 0 Å². The zero-order valence-corrected chi connectivity index (χ0v) is 31.4. The Morgan fingerprint density at radius 2 is 0.800 bits per heavy atom. The van der Waals surface area contributed by atoms with E-state index in [1.165, 1.54) is 75.8 Å². The van der Waals surface area contributed by atoms with Gasteiger partial charge in [-0.3, -0.25) is 0 Å². The molecule has 9 aromatic rings. The number of hydrogen-bond acceptors (Lipinski definition) is 3. The van der Waals surface area contributed by atoms with E-state index in [9.17, 15) is 0 Å². The normalized spacial score (nSPS) is 14.5. The van der Waals surface area contributed by atoms with Crippen LogP contribution in [0, 0.1) is 0 Å². The van der Waals surface area contributed by atoms with Gasteiger partial charge in [0.15, 0.2) is 0 Å². The molecule has 3 aliphatic rings. The Morgan fingerprint density at radius 1 is 0.345 bits per heavy atom. The van der Waals surface area contributed by atoms with Crippen molar-refractivity contribution < 1.29 is 0 Å². The van der Waals surface area contributed by atoms with Crippen LogP contribution < -0.4 is 4.90 Å². The van der Waals surface area contributed by atoms with Crippen molar-refractivity contribution in [1.29, 1.82) is 0 Å². The third-order valence-corrected chi connectivity index (χ3v) is 14.5. The third-order valence-electron chi connectivity index (χ3n) is 12.2. The Balaban J connectivity index is 1.18. The monoisotopic (exact) mass is 735 g/mol. The first-order valence-corrected chi connectivity index (χ1v) is 20.6. The molecule has 0 aliphatic heterocycles. The second kappa shape index (κ2) is 11.6. The lowest BCUT2D eigenvalue weighted by Crippen LogP contribution is -2.41. The number of nitrogens with zero attached hydrogens (tertiary/aromatic N) is 1. The molecule has 0 saturated heterocycles. The van der Waals surface area contributed by atoms with Crippen molar-refractivity contribution in [2.24, 2.45) is 0 Å². The summed E-state index contributed by atoms with van der Waals surface area (Å²) in [6, 6.07) is 72.3. The Hall–Kier alpha value is -6.26. The molecule has 0 fully saturated rings. The number of para-hydroxylation sites is 2. The Bertz CT molecular complexity index is 2690. The Morgan fingerprint density at radius 3 is 1.33 bits per heavy atom. The number of anilines is 3. The van der Waals surface area contributed by atoms with E-state index in [0.29, 0.717) is 0 Å². The van der Waals surface area contributed by atoms with Crippen molar-refractivity contribution in [2.45, 2.75) is 10.8 Å². The van der Waals surface area contributed by atoms with Crippen LogP contribution in [0.2, 0.25) is 0 Å². The lowest BCUT2D eigenvalue weighted by Gasteiger charge is -2.45. The van der Waals surface area contributed by atoms with Gasteiger partial charge in [0.05, 0.1) is 10.8 Å². The van der Waals surface area contributed by atoms with E-state index in [4.69, 9.17) is 0 Å². The largest absolute Gasteiger partial charge is 0.310 e. The van der Waals surface area contributed by atoms with Crippen LogP contribution in [0.4, 0.5) is 17.1 Å². The molecule has 2 spiro atoms. The standard InChI is InChI=1S/C52H33NS2/c1-3-17-35(18-4-1)53(36-19-5-2-6-20-36)37-21-15-16-34(32-37)48-33-47-50(55-48)51(42-26-11-7-22-38(42)39-23-8-12-27-43(39)51)46-30-31-54-49(46)52(47)44-28-13-9-24-40(44)41-25-10-14-29-45(41)52/h1-33H. The number of thiophene rings is 2. The molecule has 0 atom stereocenters. The van der Waals surface area contributed by atoms with Crippen molar-refractivity contribution in [3.63, 3.8) is 0 Å². The van der Waals surface area contributed by atoms with Crippen molar-refractivity contribution in [2.75, 3.05) is 4.90 Å². The smallest absolute Gasteiger partial charge is 0.0821 e.